The average molecular weight is 343 g/mol. The molecule has 23 heavy (non-hydrogen) atoms. The molecule has 0 amide bonds. The van der Waals surface area contributed by atoms with E-state index in [0.717, 1.165) is 12.1 Å². The minimum Gasteiger partial charge on any atom is -0.339 e. The Labute approximate surface area is 132 Å². The molecule has 2 heterocycles. The van der Waals surface area contributed by atoms with Crippen LogP contribution >= 0.6 is 0 Å². The fourth-order valence-electron chi connectivity index (χ4n) is 2.61. The monoisotopic (exact) mass is 343 g/mol. The molecule has 3 rings (SSSR count). The number of benzene rings is 1. The molecule has 0 aliphatic carbocycles. The molecule has 1 fully saturated rings. The molecule has 0 saturated carbocycles. The van der Waals surface area contributed by atoms with E-state index >= 15 is 0 Å². The second-order valence-corrected chi connectivity index (χ2v) is 7.45. The zero-order chi connectivity index (χ0) is 16.6. The summed E-state index contributed by atoms with van der Waals surface area (Å²) in [6.07, 6.45) is 0.528. The standard InChI is InChI=1S/C14H15F2N3O3S/c1-9-17-14(22-18-9)10-5-6-19(7-10)23(20,21)8-11-12(15)3-2-4-13(11)16/h2-4,10H,5-8H2,1H3/t10-/m0/s1. The van der Waals surface area contributed by atoms with Gasteiger partial charge in [0.05, 0.1) is 11.7 Å². The first kappa shape index (κ1) is 16.0. The van der Waals surface area contributed by atoms with E-state index in [-0.39, 0.29) is 19.0 Å². The predicted octanol–water partition coefficient (Wildman–Crippen LogP) is 1.98. The van der Waals surface area contributed by atoms with E-state index in [1.54, 1.807) is 6.92 Å². The highest BCUT2D eigenvalue weighted by atomic mass is 32.2. The van der Waals surface area contributed by atoms with Crippen molar-refractivity contribution < 1.29 is 21.7 Å². The van der Waals surface area contributed by atoms with Gasteiger partial charge in [0, 0.05) is 18.7 Å². The van der Waals surface area contributed by atoms with Crippen molar-refractivity contribution in [2.24, 2.45) is 0 Å². The van der Waals surface area contributed by atoms with Gasteiger partial charge < -0.3 is 4.52 Å². The summed E-state index contributed by atoms with van der Waals surface area (Å²) < 4.78 is 58.4. The molecule has 0 radical (unpaired) electrons. The van der Waals surface area contributed by atoms with Crippen LogP contribution in [-0.2, 0) is 15.8 Å². The predicted molar refractivity (Wildman–Crippen MR) is 76.9 cm³/mol. The molecule has 124 valence electrons. The van der Waals surface area contributed by atoms with Gasteiger partial charge in [-0.05, 0) is 25.5 Å². The highest BCUT2D eigenvalue weighted by Gasteiger charge is 2.35. The van der Waals surface area contributed by atoms with Crippen LogP contribution in [0.5, 0.6) is 0 Å². The van der Waals surface area contributed by atoms with Crippen molar-refractivity contribution in [1.82, 2.24) is 14.4 Å². The van der Waals surface area contributed by atoms with Gasteiger partial charge in [0.1, 0.15) is 11.6 Å². The minimum atomic E-state index is -3.83. The second kappa shape index (κ2) is 5.97. The maximum absolute atomic E-state index is 13.7. The van der Waals surface area contributed by atoms with Crippen LogP contribution in [0.15, 0.2) is 22.7 Å². The summed E-state index contributed by atoms with van der Waals surface area (Å²) in [5.74, 6) is -1.77. The number of aromatic nitrogens is 2. The van der Waals surface area contributed by atoms with Gasteiger partial charge in [0.25, 0.3) is 0 Å². The smallest absolute Gasteiger partial charge is 0.231 e. The van der Waals surface area contributed by atoms with Crippen LogP contribution in [0.2, 0.25) is 0 Å². The van der Waals surface area contributed by atoms with Crippen molar-refractivity contribution in [3.05, 3.63) is 47.1 Å². The summed E-state index contributed by atoms with van der Waals surface area (Å²) in [5.41, 5.74) is -0.440. The van der Waals surface area contributed by atoms with Crippen molar-refractivity contribution in [3.8, 4) is 0 Å². The van der Waals surface area contributed by atoms with Crippen LogP contribution < -0.4 is 0 Å². The van der Waals surface area contributed by atoms with E-state index in [0.29, 0.717) is 18.1 Å². The van der Waals surface area contributed by atoms with E-state index in [1.807, 2.05) is 0 Å². The number of rotatable bonds is 4. The number of hydrogen-bond acceptors (Lipinski definition) is 5. The first-order valence-corrected chi connectivity index (χ1v) is 8.68. The summed E-state index contributed by atoms with van der Waals surface area (Å²) in [4.78, 5) is 4.10. The normalized spacial score (nSPS) is 19.3. The van der Waals surface area contributed by atoms with E-state index in [4.69, 9.17) is 4.52 Å². The van der Waals surface area contributed by atoms with Crippen LogP contribution in [0.3, 0.4) is 0 Å². The summed E-state index contributed by atoms with van der Waals surface area (Å²) in [6, 6.07) is 3.29. The fourth-order valence-corrected chi connectivity index (χ4v) is 4.22. The number of hydrogen-bond donors (Lipinski definition) is 0. The summed E-state index contributed by atoms with van der Waals surface area (Å²) >= 11 is 0. The maximum Gasteiger partial charge on any atom is 0.231 e. The Kier molecular flexibility index (Phi) is 4.15. The lowest BCUT2D eigenvalue weighted by Crippen LogP contribution is -2.30. The van der Waals surface area contributed by atoms with E-state index in [9.17, 15) is 17.2 Å². The summed E-state index contributed by atoms with van der Waals surface area (Å²) in [5, 5.41) is 3.69. The highest BCUT2D eigenvalue weighted by molar-refractivity contribution is 7.88. The van der Waals surface area contributed by atoms with Crippen molar-refractivity contribution in [3.63, 3.8) is 0 Å². The summed E-state index contributed by atoms with van der Waals surface area (Å²) in [7, 11) is -3.83. The van der Waals surface area contributed by atoms with Gasteiger partial charge in [-0.1, -0.05) is 11.2 Å². The van der Waals surface area contributed by atoms with E-state index in [1.165, 1.54) is 10.4 Å². The van der Waals surface area contributed by atoms with Gasteiger partial charge >= 0.3 is 0 Å². The largest absolute Gasteiger partial charge is 0.339 e. The Morgan fingerprint density at radius 2 is 2.04 bits per heavy atom. The van der Waals surface area contributed by atoms with Crippen LogP contribution in [0.25, 0.3) is 0 Å². The first-order valence-electron chi connectivity index (χ1n) is 7.08. The second-order valence-electron chi connectivity index (χ2n) is 5.48. The zero-order valence-electron chi connectivity index (χ0n) is 12.4. The van der Waals surface area contributed by atoms with Gasteiger partial charge in [0.2, 0.25) is 15.9 Å². The lowest BCUT2D eigenvalue weighted by atomic mass is 10.1. The van der Waals surface area contributed by atoms with Gasteiger partial charge in [0.15, 0.2) is 5.82 Å². The summed E-state index contributed by atoms with van der Waals surface area (Å²) in [6.45, 7) is 2.10. The molecule has 0 unspecified atom stereocenters. The third kappa shape index (κ3) is 3.25. The van der Waals surface area contributed by atoms with Gasteiger partial charge in [-0.15, -0.1) is 0 Å². The molecule has 1 aliphatic heterocycles. The molecular weight excluding hydrogens is 328 g/mol. The molecule has 1 aromatic heterocycles. The van der Waals surface area contributed by atoms with Gasteiger partial charge in [-0.25, -0.2) is 21.5 Å². The Balaban J connectivity index is 1.76. The topological polar surface area (TPSA) is 76.3 Å². The maximum atomic E-state index is 13.7. The first-order chi connectivity index (χ1) is 10.9. The Morgan fingerprint density at radius 1 is 1.35 bits per heavy atom. The van der Waals surface area contributed by atoms with Crippen molar-refractivity contribution in [2.45, 2.75) is 25.0 Å². The minimum absolute atomic E-state index is 0.167. The van der Waals surface area contributed by atoms with Crippen molar-refractivity contribution in [2.75, 3.05) is 13.1 Å². The quantitative estimate of drug-likeness (QED) is 0.848. The van der Waals surface area contributed by atoms with Gasteiger partial charge in [-0.2, -0.15) is 4.98 Å². The molecule has 1 aromatic carbocycles. The molecule has 6 nitrogen and oxygen atoms in total. The van der Waals surface area contributed by atoms with Crippen LogP contribution in [0, 0.1) is 18.6 Å². The number of aryl methyl sites for hydroxylation is 1. The molecule has 9 heteroatoms. The third-order valence-corrected chi connectivity index (χ3v) is 5.60. The lowest BCUT2D eigenvalue weighted by Gasteiger charge is -2.16. The Hall–Kier alpha value is -1.87. The fraction of sp³-hybridized carbons (Fsp3) is 0.429. The molecule has 2 aromatic rings. The Bertz CT molecular complexity index is 802. The molecule has 0 N–H and O–H groups in total. The number of nitrogens with zero attached hydrogens (tertiary/aromatic N) is 3. The third-order valence-electron chi connectivity index (χ3n) is 3.83. The molecule has 0 bridgehead atoms. The van der Waals surface area contributed by atoms with Crippen molar-refractivity contribution >= 4 is 10.0 Å². The highest BCUT2D eigenvalue weighted by Crippen LogP contribution is 2.29. The number of halogens is 2. The molecular formula is C14H15F2N3O3S. The molecule has 1 atom stereocenters. The molecule has 1 saturated heterocycles. The Morgan fingerprint density at radius 3 is 2.65 bits per heavy atom. The molecule has 0 spiro atoms. The van der Waals surface area contributed by atoms with E-state index in [2.05, 4.69) is 10.1 Å². The molecule has 1 aliphatic rings. The van der Waals surface area contributed by atoms with Crippen LogP contribution in [0.4, 0.5) is 8.78 Å². The van der Waals surface area contributed by atoms with Crippen molar-refractivity contribution in [1.29, 1.82) is 0 Å². The lowest BCUT2D eigenvalue weighted by molar-refractivity contribution is 0.351. The average Bonchev–Trinajstić information content (AvgIpc) is 3.12. The number of sulfonamides is 1. The van der Waals surface area contributed by atoms with Gasteiger partial charge in [-0.3, -0.25) is 0 Å². The SMILES string of the molecule is Cc1noc([C@H]2CCN(S(=O)(=O)Cc3c(F)cccc3F)C2)n1. The van der Waals surface area contributed by atoms with Crippen LogP contribution in [-0.4, -0.2) is 36.0 Å². The zero-order valence-corrected chi connectivity index (χ0v) is 13.2. The van der Waals surface area contributed by atoms with Crippen LogP contribution in [0.1, 0.15) is 29.6 Å². The van der Waals surface area contributed by atoms with E-state index < -0.39 is 33.0 Å².